The number of aromatic nitrogens is 1. The van der Waals surface area contributed by atoms with Crippen LogP contribution in [0.5, 0.6) is 0 Å². The van der Waals surface area contributed by atoms with Gasteiger partial charge >= 0.3 is 0 Å². The first kappa shape index (κ1) is 10.9. The second-order valence-corrected chi connectivity index (χ2v) is 2.92. The number of hydrogen-bond acceptors (Lipinski definition) is 3. The predicted octanol–water partition coefficient (Wildman–Crippen LogP) is 1.10. The van der Waals surface area contributed by atoms with E-state index in [0.717, 1.165) is 0 Å². The van der Waals surface area contributed by atoms with E-state index >= 15 is 0 Å². The third kappa shape index (κ3) is 4.05. The average Bonchev–Trinajstić information content (AvgIpc) is 2.24. The largest absolute Gasteiger partial charge is 0.353 e. The molecule has 0 fully saturated rings. The number of nitrogens with one attached hydrogen (secondary N) is 1. The Morgan fingerprint density at radius 2 is 2.53 bits per heavy atom. The molecule has 1 aromatic rings. The summed E-state index contributed by atoms with van der Waals surface area (Å²) in [5.74, 6) is -0.0709. The number of rotatable bonds is 3. The van der Waals surface area contributed by atoms with Crippen LogP contribution in [0.2, 0.25) is 0 Å². The molecule has 1 rings (SSSR count). The van der Waals surface area contributed by atoms with Gasteiger partial charge in [-0.2, -0.15) is 5.26 Å². The Bertz CT molecular complexity index is 418. The van der Waals surface area contributed by atoms with Crippen LogP contribution in [0.25, 0.3) is 6.08 Å². The monoisotopic (exact) mass is 201 g/mol. The van der Waals surface area contributed by atoms with Gasteiger partial charge in [-0.25, -0.2) is 0 Å². The first-order valence-electron chi connectivity index (χ1n) is 4.49. The molecule has 76 valence electrons. The molecule has 0 atom stereocenters. The summed E-state index contributed by atoms with van der Waals surface area (Å²) in [5.41, 5.74) is 1.28. The molecular formula is C11H11N3O. The molecule has 0 saturated carbocycles. The Labute approximate surface area is 88.3 Å². The van der Waals surface area contributed by atoms with E-state index < -0.39 is 0 Å². The van der Waals surface area contributed by atoms with E-state index in [1.807, 2.05) is 6.07 Å². The SMILES string of the molecule is CC(=O)NCC=Cc1cc(C#N)ccn1. The van der Waals surface area contributed by atoms with Crippen molar-refractivity contribution >= 4 is 12.0 Å². The highest BCUT2D eigenvalue weighted by atomic mass is 16.1. The zero-order valence-corrected chi connectivity index (χ0v) is 8.40. The van der Waals surface area contributed by atoms with Crippen molar-refractivity contribution < 1.29 is 4.79 Å². The van der Waals surface area contributed by atoms with Crippen LogP contribution in [-0.2, 0) is 4.79 Å². The number of nitrogens with zero attached hydrogens (tertiary/aromatic N) is 2. The van der Waals surface area contributed by atoms with Gasteiger partial charge in [-0.15, -0.1) is 0 Å². The first-order valence-corrected chi connectivity index (χ1v) is 4.49. The van der Waals surface area contributed by atoms with Gasteiger partial charge in [0.2, 0.25) is 5.91 Å². The summed E-state index contributed by atoms with van der Waals surface area (Å²) < 4.78 is 0. The molecule has 0 saturated heterocycles. The third-order valence-corrected chi connectivity index (χ3v) is 1.67. The molecule has 1 heterocycles. The predicted molar refractivity (Wildman–Crippen MR) is 56.7 cm³/mol. The van der Waals surface area contributed by atoms with Crippen molar-refractivity contribution in [2.24, 2.45) is 0 Å². The van der Waals surface area contributed by atoms with Gasteiger partial charge in [-0.05, 0) is 18.2 Å². The summed E-state index contributed by atoms with van der Waals surface area (Å²) in [6.07, 6.45) is 5.12. The molecule has 1 amide bonds. The number of carbonyl (C=O) groups is 1. The number of nitriles is 1. The molecule has 1 aromatic heterocycles. The van der Waals surface area contributed by atoms with Crippen LogP contribution in [0.4, 0.5) is 0 Å². The molecule has 0 spiro atoms. The van der Waals surface area contributed by atoms with E-state index in [1.165, 1.54) is 6.92 Å². The summed E-state index contributed by atoms with van der Waals surface area (Å²) in [5, 5.41) is 11.3. The molecular weight excluding hydrogens is 190 g/mol. The molecule has 1 N–H and O–H groups in total. The van der Waals surface area contributed by atoms with E-state index in [9.17, 15) is 4.79 Å². The zero-order valence-electron chi connectivity index (χ0n) is 8.40. The zero-order chi connectivity index (χ0) is 11.1. The van der Waals surface area contributed by atoms with E-state index in [0.29, 0.717) is 17.8 Å². The van der Waals surface area contributed by atoms with Crippen molar-refractivity contribution in [3.05, 3.63) is 35.7 Å². The third-order valence-electron chi connectivity index (χ3n) is 1.67. The van der Waals surface area contributed by atoms with Gasteiger partial charge in [0.1, 0.15) is 0 Å². The van der Waals surface area contributed by atoms with Crippen molar-refractivity contribution in [1.29, 1.82) is 5.26 Å². The summed E-state index contributed by atoms with van der Waals surface area (Å²) in [7, 11) is 0. The second-order valence-electron chi connectivity index (χ2n) is 2.92. The molecule has 0 aliphatic rings. The average molecular weight is 201 g/mol. The Morgan fingerprint density at radius 3 is 3.20 bits per heavy atom. The van der Waals surface area contributed by atoms with Crippen molar-refractivity contribution in [2.45, 2.75) is 6.92 Å². The van der Waals surface area contributed by atoms with Gasteiger partial charge < -0.3 is 5.32 Å². The molecule has 0 aromatic carbocycles. The Hall–Kier alpha value is -2.15. The number of amides is 1. The molecule has 0 radical (unpaired) electrons. The normalized spacial score (nSPS) is 9.87. The molecule has 15 heavy (non-hydrogen) atoms. The van der Waals surface area contributed by atoms with E-state index in [4.69, 9.17) is 5.26 Å². The van der Waals surface area contributed by atoms with Gasteiger partial charge in [0, 0.05) is 19.7 Å². The lowest BCUT2D eigenvalue weighted by atomic mass is 10.2. The molecule has 4 heteroatoms. The highest BCUT2D eigenvalue weighted by molar-refractivity contribution is 5.73. The fourth-order valence-electron chi connectivity index (χ4n) is 0.991. The van der Waals surface area contributed by atoms with Crippen LogP contribution < -0.4 is 5.32 Å². The van der Waals surface area contributed by atoms with E-state index in [-0.39, 0.29) is 5.91 Å². The van der Waals surface area contributed by atoms with Crippen LogP contribution in [0.15, 0.2) is 24.4 Å². The molecule has 0 unspecified atom stereocenters. The number of carbonyl (C=O) groups excluding carboxylic acids is 1. The van der Waals surface area contributed by atoms with E-state index in [1.54, 1.807) is 30.5 Å². The van der Waals surface area contributed by atoms with Crippen molar-refractivity contribution in [1.82, 2.24) is 10.3 Å². The highest BCUT2D eigenvalue weighted by Crippen LogP contribution is 2.01. The van der Waals surface area contributed by atoms with Gasteiger partial charge in [-0.1, -0.05) is 6.08 Å². The minimum absolute atomic E-state index is 0.0709. The van der Waals surface area contributed by atoms with E-state index in [2.05, 4.69) is 10.3 Å². The maximum atomic E-state index is 10.6. The summed E-state index contributed by atoms with van der Waals surface area (Å²) >= 11 is 0. The Morgan fingerprint density at radius 1 is 1.73 bits per heavy atom. The highest BCUT2D eigenvalue weighted by Gasteiger charge is 1.91. The standard InChI is InChI=1S/C11H11N3O/c1-9(15)13-5-2-3-11-7-10(8-12)4-6-14-11/h2-4,6-7H,5H2,1H3,(H,13,15). The second kappa shape index (κ2) is 5.55. The molecule has 0 aliphatic carbocycles. The van der Waals surface area contributed by atoms with Gasteiger partial charge in [0.05, 0.1) is 17.3 Å². The van der Waals surface area contributed by atoms with Gasteiger partial charge in [0.25, 0.3) is 0 Å². The summed E-state index contributed by atoms with van der Waals surface area (Å²) in [6.45, 7) is 1.93. The maximum absolute atomic E-state index is 10.6. The molecule has 0 bridgehead atoms. The molecule has 0 aliphatic heterocycles. The fourth-order valence-corrected chi connectivity index (χ4v) is 0.991. The van der Waals surface area contributed by atoms with Crippen LogP contribution in [0.1, 0.15) is 18.2 Å². The molecule has 4 nitrogen and oxygen atoms in total. The number of pyridine rings is 1. The topological polar surface area (TPSA) is 65.8 Å². The lowest BCUT2D eigenvalue weighted by molar-refractivity contribution is -0.118. The summed E-state index contributed by atoms with van der Waals surface area (Å²) in [6, 6.07) is 5.36. The smallest absolute Gasteiger partial charge is 0.217 e. The lowest BCUT2D eigenvalue weighted by Crippen LogP contribution is -2.19. The maximum Gasteiger partial charge on any atom is 0.217 e. The van der Waals surface area contributed by atoms with Crippen molar-refractivity contribution in [2.75, 3.05) is 6.54 Å². The van der Waals surface area contributed by atoms with Gasteiger partial charge in [0.15, 0.2) is 0 Å². The first-order chi connectivity index (χ1) is 7.22. The van der Waals surface area contributed by atoms with Gasteiger partial charge in [-0.3, -0.25) is 9.78 Å². The summed E-state index contributed by atoms with van der Waals surface area (Å²) in [4.78, 5) is 14.6. The van der Waals surface area contributed by atoms with Crippen LogP contribution >= 0.6 is 0 Å². The fraction of sp³-hybridized carbons (Fsp3) is 0.182. The van der Waals surface area contributed by atoms with Crippen molar-refractivity contribution in [3.63, 3.8) is 0 Å². The van der Waals surface area contributed by atoms with Crippen LogP contribution in [0, 0.1) is 11.3 Å². The van der Waals surface area contributed by atoms with Crippen LogP contribution in [-0.4, -0.2) is 17.4 Å². The minimum atomic E-state index is -0.0709. The van der Waals surface area contributed by atoms with Crippen LogP contribution in [0.3, 0.4) is 0 Å². The quantitative estimate of drug-likeness (QED) is 0.796. The lowest BCUT2D eigenvalue weighted by Gasteiger charge is -1.95. The number of hydrogen-bond donors (Lipinski definition) is 1. The Balaban J connectivity index is 2.57. The minimum Gasteiger partial charge on any atom is -0.353 e. The Kier molecular flexibility index (Phi) is 4.05. The van der Waals surface area contributed by atoms with Crippen molar-refractivity contribution in [3.8, 4) is 6.07 Å².